The van der Waals surface area contributed by atoms with Gasteiger partial charge in [-0.1, -0.05) is 17.7 Å². The van der Waals surface area contributed by atoms with Crippen LogP contribution in [0.3, 0.4) is 0 Å². The zero-order valence-electron chi connectivity index (χ0n) is 20.7. The van der Waals surface area contributed by atoms with Gasteiger partial charge in [0.2, 0.25) is 0 Å². The Morgan fingerprint density at radius 3 is 2.79 bits per heavy atom. The minimum atomic E-state index is -1.01. The zero-order valence-corrected chi connectivity index (χ0v) is 21.5. The lowest BCUT2D eigenvalue weighted by Gasteiger charge is -2.18. The molecule has 0 aliphatic carbocycles. The normalized spacial score (nSPS) is 15.6. The molecule has 0 unspecified atom stereocenters. The molecule has 1 atom stereocenters. The number of hydrogen-bond acceptors (Lipinski definition) is 8. The molecule has 3 aromatic heterocycles. The Labute approximate surface area is 225 Å². The van der Waals surface area contributed by atoms with Crippen molar-refractivity contribution >= 4 is 45.8 Å². The largest absolute Gasteiger partial charge is 0.462 e. The summed E-state index contributed by atoms with van der Waals surface area (Å²) >= 11 is 6.03. The van der Waals surface area contributed by atoms with Crippen LogP contribution in [0.2, 0.25) is 5.02 Å². The lowest BCUT2D eigenvalue weighted by atomic mass is 10.1. The van der Waals surface area contributed by atoms with Gasteiger partial charge in [-0.05, 0) is 50.1 Å². The molecule has 1 aromatic carbocycles. The van der Waals surface area contributed by atoms with Gasteiger partial charge >= 0.3 is 5.97 Å². The van der Waals surface area contributed by atoms with E-state index >= 15 is 0 Å². The Balaban J connectivity index is 1.87. The summed E-state index contributed by atoms with van der Waals surface area (Å²) in [6, 6.07) is 9.86. The van der Waals surface area contributed by atoms with Crippen LogP contribution >= 0.6 is 11.6 Å². The second-order valence-electron chi connectivity index (χ2n) is 8.77. The standard InChI is InChI=1S/C26H22ClN5O7/c1-2-38-26(35)19-13-18-22(28-21-7-3-4-10-30(21)25(18)34)31(14-16-6-5-11-39-16)23(19)29-24(33)17-12-15(27)8-9-20(17)32(36)37/h3-4,7-10,12-13,16H,2,5-6,11,14H2,1H3/t16-/m0/s1. The van der Waals surface area contributed by atoms with Gasteiger partial charge < -0.3 is 14.0 Å². The second kappa shape index (κ2) is 10.8. The van der Waals surface area contributed by atoms with E-state index in [0.717, 1.165) is 18.6 Å². The Hall–Kier alpha value is -4.42. The highest BCUT2D eigenvalue weighted by Gasteiger charge is 2.25. The van der Waals surface area contributed by atoms with E-state index in [1.54, 1.807) is 31.3 Å². The van der Waals surface area contributed by atoms with Crippen molar-refractivity contribution in [2.75, 3.05) is 13.2 Å². The minimum Gasteiger partial charge on any atom is -0.462 e. The lowest BCUT2D eigenvalue weighted by molar-refractivity contribution is -0.385. The van der Waals surface area contributed by atoms with Gasteiger partial charge in [0.05, 0.1) is 29.6 Å². The number of nitro groups is 1. The van der Waals surface area contributed by atoms with Crippen molar-refractivity contribution in [3.05, 3.63) is 90.8 Å². The molecule has 39 heavy (non-hydrogen) atoms. The smallest absolute Gasteiger partial charge is 0.341 e. The molecule has 0 radical (unpaired) electrons. The first kappa shape index (κ1) is 26.2. The predicted molar refractivity (Wildman–Crippen MR) is 140 cm³/mol. The quantitative estimate of drug-likeness (QED) is 0.153. The van der Waals surface area contributed by atoms with Crippen molar-refractivity contribution in [1.29, 1.82) is 0 Å². The molecule has 5 rings (SSSR count). The van der Waals surface area contributed by atoms with Crippen molar-refractivity contribution in [2.24, 2.45) is 4.99 Å². The van der Waals surface area contributed by atoms with Crippen LogP contribution in [-0.4, -0.2) is 50.1 Å². The number of ether oxygens (including phenoxy) is 2. The molecule has 1 aliphatic rings. The highest BCUT2D eigenvalue weighted by molar-refractivity contribution is 6.31. The van der Waals surface area contributed by atoms with Crippen LogP contribution in [0.5, 0.6) is 0 Å². The molecule has 0 saturated carbocycles. The average molecular weight is 552 g/mol. The summed E-state index contributed by atoms with van der Waals surface area (Å²) in [5, 5.41) is 11.8. The monoisotopic (exact) mass is 551 g/mol. The molecule has 1 fully saturated rings. The number of nitrogens with zero attached hydrogens (tertiary/aromatic N) is 5. The number of rotatable bonds is 6. The SMILES string of the molecule is CCOC(=O)c1cc2c(=O)n3ccccc3nc2n(C[C@@H]2CCCO2)c1=NC(=O)c1cc(Cl)ccc1[N+](=O)[O-]. The van der Waals surface area contributed by atoms with Gasteiger partial charge in [0.25, 0.3) is 17.2 Å². The summed E-state index contributed by atoms with van der Waals surface area (Å²) < 4.78 is 13.8. The van der Waals surface area contributed by atoms with E-state index in [4.69, 9.17) is 21.1 Å². The van der Waals surface area contributed by atoms with E-state index in [2.05, 4.69) is 9.98 Å². The molecule has 0 spiro atoms. The van der Waals surface area contributed by atoms with Gasteiger partial charge in [0.1, 0.15) is 22.4 Å². The summed E-state index contributed by atoms with van der Waals surface area (Å²) in [6.07, 6.45) is 2.74. The Morgan fingerprint density at radius 2 is 2.08 bits per heavy atom. The number of halogens is 1. The van der Waals surface area contributed by atoms with Gasteiger partial charge in [-0.3, -0.25) is 24.1 Å². The van der Waals surface area contributed by atoms with Gasteiger partial charge in [0, 0.05) is 23.9 Å². The van der Waals surface area contributed by atoms with E-state index in [0.29, 0.717) is 18.7 Å². The van der Waals surface area contributed by atoms with Crippen molar-refractivity contribution in [2.45, 2.75) is 32.4 Å². The average Bonchev–Trinajstić information content (AvgIpc) is 3.43. The van der Waals surface area contributed by atoms with Crippen molar-refractivity contribution in [3.8, 4) is 0 Å². The fraction of sp³-hybridized carbons (Fsp3) is 0.269. The first-order valence-electron chi connectivity index (χ1n) is 12.1. The number of fused-ring (bicyclic) bond motifs is 2. The summed E-state index contributed by atoms with van der Waals surface area (Å²) in [4.78, 5) is 59.7. The van der Waals surface area contributed by atoms with Crippen LogP contribution < -0.4 is 11.0 Å². The summed E-state index contributed by atoms with van der Waals surface area (Å²) in [5.74, 6) is -1.84. The van der Waals surface area contributed by atoms with Gasteiger partial charge in [0.15, 0.2) is 5.49 Å². The summed E-state index contributed by atoms with van der Waals surface area (Å²) in [5.41, 5.74) is -1.13. The zero-order chi connectivity index (χ0) is 27.7. The number of benzene rings is 1. The van der Waals surface area contributed by atoms with E-state index in [1.165, 1.54) is 21.1 Å². The molecule has 0 N–H and O–H groups in total. The van der Waals surface area contributed by atoms with Crippen molar-refractivity contribution in [1.82, 2.24) is 14.0 Å². The fourth-order valence-electron chi connectivity index (χ4n) is 4.52. The molecule has 1 amide bonds. The topological polar surface area (TPSA) is 147 Å². The Kier molecular flexibility index (Phi) is 7.22. The van der Waals surface area contributed by atoms with Crippen LogP contribution in [0.4, 0.5) is 5.69 Å². The van der Waals surface area contributed by atoms with Crippen LogP contribution in [0.25, 0.3) is 16.7 Å². The highest BCUT2D eigenvalue weighted by Crippen LogP contribution is 2.24. The van der Waals surface area contributed by atoms with Crippen LogP contribution in [0, 0.1) is 10.1 Å². The number of hydrogen-bond donors (Lipinski definition) is 0. The third-order valence-corrected chi connectivity index (χ3v) is 6.52. The van der Waals surface area contributed by atoms with Crippen LogP contribution in [-0.2, 0) is 16.0 Å². The third kappa shape index (κ3) is 5.03. The first-order valence-corrected chi connectivity index (χ1v) is 12.5. The molecule has 1 aliphatic heterocycles. The maximum Gasteiger partial charge on any atom is 0.341 e. The molecule has 200 valence electrons. The molecule has 1 saturated heterocycles. The number of nitro benzene ring substituents is 1. The molecule has 12 nitrogen and oxygen atoms in total. The number of esters is 1. The Bertz CT molecular complexity index is 1770. The summed E-state index contributed by atoms with van der Waals surface area (Å²) in [7, 11) is 0. The highest BCUT2D eigenvalue weighted by atomic mass is 35.5. The van der Waals surface area contributed by atoms with Gasteiger partial charge in [-0.15, -0.1) is 0 Å². The van der Waals surface area contributed by atoms with Crippen LogP contribution in [0.15, 0.2) is 58.4 Å². The van der Waals surface area contributed by atoms with Crippen molar-refractivity contribution < 1.29 is 24.0 Å². The molecule has 4 heterocycles. The van der Waals surface area contributed by atoms with Crippen LogP contribution in [0.1, 0.15) is 40.5 Å². The van der Waals surface area contributed by atoms with Gasteiger partial charge in [-0.2, -0.15) is 4.99 Å². The fourth-order valence-corrected chi connectivity index (χ4v) is 4.69. The molecule has 0 bridgehead atoms. The molecular weight excluding hydrogens is 530 g/mol. The van der Waals surface area contributed by atoms with E-state index in [-0.39, 0.29) is 51.9 Å². The number of carbonyl (C=O) groups excluding carboxylic acids is 2. The molecule has 13 heteroatoms. The van der Waals surface area contributed by atoms with E-state index < -0.39 is 28.0 Å². The number of carbonyl (C=O) groups is 2. The lowest BCUT2D eigenvalue weighted by Crippen LogP contribution is -2.35. The van der Waals surface area contributed by atoms with Gasteiger partial charge in [-0.25, -0.2) is 9.78 Å². The third-order valence-electron chi connectivity index (χ3n) is 6.29. The predicted octanol–water partition coefficient (Wildman–Crippen LogP) is 3.31. The van der Waals surface area contributed by atoms with Crippen molar-refractivity contribution in [3.63, 3.8) is 0 Å². The number of amides is 1. The maximum atomic E-state index is 13.5. The first-order chi connectivity index (χ1) is 18.8. The molecule has 4 aromatic rings. The Morgan fingerprint density at radius 1 is 1.26 bits per heavy atom. The van der Waals surface area contributed by atoms with E-state index in [1.807, 2.05) is 0 Å². The number of pyridine rings is 2. The number of aromatic nitrogens is 3. The summed E-state index contributed by atoms with van der Waals surface area (Å²) in [6.45, 7) is 2.27. The van der Waals surface area contributed by atoms with E-state index in [9.17, 15) is 24.5 Å². The second-order valence-corrected chi connectivity index (χ2v) is 9.20. The maximum absolute atomic E-state index is 13.5. The molecular formula is C26H22ClN5O7. The minimum absolute atomic E-state index is 0.0186.